The number of carbonyl (C=O) groups is 2. The fraction of sp³-hybridized carbons (Fsp3) is 0.238. The minimum atomic E-state index is -0.245. The Morgan fingerprint density at radius 1 is 1.04 bits per heavy atom. The number of nitrogens with zero attached hydrogens (tertiary/aromatic N) is 3. The summed E-state index contributed by atoms with van der Waals surface area (Å²) >= 11 is 0. The predicted molar refractivity (Wildman–Crippen MR) is 106 cm³/mol. The molecule has 0 saturated carbocycles. The van der Waals surface area contributed by atoms with Gasteiger partial charge in [0.1, 0.15) is 0 Å². The molecule has 0 aliphatic carbocycles. The molecule has 0 fully saturated rings. The van der Waals surface area contributed by atoms with Gasteiger partial charge in [-0.05, 0) is 56.2 Å². The maximum atomic E-state index is 12.6. The van der Waals surface area contributed by atoms with Crippen LogP contribution in [0.1, 0.15) is 27.3 Å². The van der Waals surface area contributed by atoms with Crippen LogP contribution in [0.3, 0.4) is 0 Å². The average molecular weight is 378 g/mol. The van der Waals surface area contributed by atoms with Crippen molar-refractivity contribution in [3.8, 4) is 11.5 Å². The Balaban J connectivity index is 1.64. The Hall–Kier alpha value is -3.48. The van der Waals surface area contributed by atoms with E-state index in [1.807, 2.05) is 32.0 Å². The Bertz CT molecular complexity index is 988. The third-order valence-corrected chi connectivity index (χ3v) is 4.38. The number of aromatic nitrogens is 2. The Labute approximate surface area is 163 Å². The molecule has 144 valence electrons. The summed E-state index contributed by atoms with van der Waals surface area (Å²) in [5.41, 5.74) is 3.95. The molecule has 3 rings (SSSR count). The lowest BCUT2D eigenvalue weighted by molar-refractivity contribution is -0.116. The van der Waals surface area contributed by atoms with E-state index in [0.29, 0.717) is 17.3 Å². The lowest BCUT2D eigenvalue weighted by atomic mass is 10.1. The first-order valence-electron chi connectivity index (χ1n) is 8.87. The summed E-state index contributed by atoms with van der Waals surface area (Å²) in [5, 5.41) is 6.64. The van der Waals surface area contributed by atoms with Crippen LogP contribution >= 0.6 is 0 Å². The number of amides is 2. The standard InChI is InChI=1S/C21H22N4O3/c1-13-6-5-7-14(2)19(13)23-18(26)12-25(4)21(27)17-10-8-16(9-11-17)20-22-15(3)24-28-20/h5-11H,12H2,1-4H3,(H,23,26). The Kier molecular flexibility index (Phi) is 5.54. The van der Waals surface area contributed by atoms with Crippen LogP contribution in [-0.4, -0.2) is 40.4 Å². The zero-order chi connectivity index (χ0) is 20.3. The third kappa shape index (κ3) is 4.25. The van der Waals surface area contributed by atoms with Crippen LogP contribution in [0, 0.1) is 20.8 Å². The SMILES string of the molecule is Cc1noc(-c2ccc(C(=O)N(C)CC(=O)Nc3c(C)cccc3C)cc2)n1. The van der Waals surface area contributed by atoms with Crippen LogP contribution in [-0.2, 0) is 4.79 Å². The number of anilines is 1. The zero-order valence-corrected chi connectivity index (χ0v) is 16.3. The van der Waals surface area contributed by atoms with Gasteiger partial charge in [-0.25, -0.2) is 0 Å². The van der Waals surface area contributed by atoms with Gasteiger partial charge in [0.2, 0.25) is 5.91 Å². The van der Waals surface area contributed by atoms with Gasteiger partial charge in [-0.1, -0.05) is 23.4 Å². The van der Waals surface area contributed by atoms with E-state index in [0.717, 1.165) is 22.4 Å². The number of nitrogens with one attached hydrogen (secondary N) is 1. The first-order valence-corrected chi connectivity index (χ1v) is 8.87. The van der Waals surface area contributed by atoms with Crippen molar-refractivity contribution >= 4 is 17.5 Å². The topological polar surface area (TPSA) is 88.3 Å². The van der Waals surface area contributed by atoms with Crippen molar-refractivity contribution < 1.29 is 14.1 Å². The van der Waals surface area contributed by atoms with Crippen LogP contribution < -0.4 is 5.32 Å². The molecule has 7 nitrogen and oxygen atoms in total. The zero-order valence-electron chi connectivity index (χ0n) is 16.3. The van der Waals surface area contributed by atoms with Crippen LogP contribution in [0.4, 0.5) is 5.69 Å². The maximum Gasteiger partial charge on any atom is 0.257 e. The molecule has 0 saturated heterocycles. The summed E-state index contributed by atoms with van der Waals surface area (Å²) in [4.78, 5) is 30.5. The highest BCUT2D eigenvalue weighted by Gasteiger charge is 2.17. The van der Waals surface area contributed by atoms with E-state index in [1.54, 1.807) is 38.2 Å². The molecular weight excluding hydrogens is 356 g/mol. The van der Waals surface area contributed by atoms with Crippen LogP contribution in [0.2, 0.25) is 0 Å². The van der Waals surface area contributed by atoms with Gasteiger partial charge in [0.15, 0.2) is 5.82 Å². The van der Waals surface area contributed by atoms with Crippen molar-refractivity contribution in [1.82, 2.24) is 15.0 Å². The molecule has 0 aliphatic heterocycles. The molecule has 0 bridgehead atoms. The van der Waals surface area contributed by atoms with E-state index in [4.69, 9.17) is 4.52 Å². The molecule has 7 heteroatoms. The van der Waals surface area contributed by atoms with Crippen LogP contribution in [0.15, 0.2) is 47.0 Å². The molecule has 1 N–H and O–H groups in total. The molecule has 0 unspecified atom stereocenters. The molecular formula is C21H22N4O3. The molecule has 2 amide bonds. The van der Waals surface area contributed by atoms with E-state index in [1.165, 1.54) is 4.90 Å². The van der Waals surface area contributed by atoms with Gasteiger partial charge in [0, 0.05) is 23.9 Å². The second-order valence-corrected chi connectivity index (χ2v) is 6.70. The van der Waals surface area contributed by atoms with Gasteiger partial charge >= 0.3 is 0 Å². The number of benzene rings is 2. The van der Waals surface area contributed by atoms with Crippen molar-refractivity contribution in [3.63, 3.8) is 0 Å². The monoisotopic (exact) mass is 378 g/mol. The van der Waals surface area contributed by atoms with Crippen LogP contribution in [0.5, 0.6) is 0 Å². The highest BCUT2D eigenvalue weighted by molar-refractivity contribution is 5.99. The highest BCUT2D eigenvalue weighted by atomic mass is 16.5. The second-order valence-electron chi connectivity index (χ2n) is 6.70. The fourth-order valence-electron chi connectivity index (χ4n) is 2.87. The number of likely N-dealkylation sites (N-methyl/N-ethyl adjacent to an activating group) is 1. The summed E-state index contributed by atoms with van der Waals surface area (Å²) < 4.78 is 5.12. The minimum absolute atomic E-state index is 0.0444. The quantitative estimate of drug-likeness (QED) is 0.735. The second kappa shape index (κ2) is 8.04. The molecule has 0 radical (unpaired) electrons. The molecule has 1 aromatic heterocycles. The molecule has 28 heavy (non-hydrogen) atoms. The van der Waals surface area contributed by atoms with E-state index >= 15 is 0 Å². The summed E-state index contributed by atoms with van der Waals surface area (Å²) in [6.07, 6.45) is 0. The molecule has 1 heterocycles. The molecule has 2 aromatic carbocycles. The number of hydrogen-bond acceptors (Lipinski definition) is 5. The van der Waals surface area contributed by atoms with E-state index in [9.17, 15) is 9.59 Å². The smallest absolute Gasteiger partial charge is 0.257 e. The fourth-order valence-corrected chi connectivity index (χ4v) is 2.87. The lowest BCUT2D eigenvalue weighted by Crippen LogP contribution is -2.35. The largest absolute Gasteiger partial charge is 0.334 e. The van der Waals surface area contributed by atoms with E-state index in [-0.39, 0.29) is 18.4 Å². The van der Waals surface area contributed by atoms with Crippen molar-refractivity contribution in [2.24, 2.45) is 0 Å². The number of para-hydroxylation sites is 1. The number of carbonyl (C=O) groups excluding carboxylic acids is 2. The van der Waals surface area contributed by atoms with E-state index < -0.39 is 0 Å². The first-order chi connectivity index (χ1) is 13.3. The minimum Gasteiger partial charge on any atom is -0.334 e. The summed E-state index contributed by atoms with van der Waals surface area (Å²) in [6, 6.07) is 12.6. The summed E-state index contributed by atoms with van der Waals surface area (Å²) in [7, 11) is 1.60. The van der Waals surface area contributed by atoms with Crippen molar-refractivity contribution in [2.45, 2.75) is 20.8 Å². The molecule has 0 atom stereocenters. The van der Waals surface area contributed by atoms with Gasteiger partial charge < -0.3 is 14.7 Å². The Morgan fingerprint density at radius 3 is 2.25 bits per heavy atom. The van der Waals surface area contributed by atoms with Crippen molar-refractivity contribution in [1.29, 1.82) is 0 Å². The van der Waals surface area contributed by atoms with E-state index in [2.05, 4.69) is 15.5 Å². The molecule has 3 aromatic rings. The summed E-state index contributed by atoms with van der Waals surface area (Å²) in [6.45, 7) is 5.56. The van der Waals surface area contributed by atoms with Gasteiger partial charge in [-0.15, -0.1) is 0 Å². The Morgan fingerprint density at radius 2 is 1.68 bits per heavy atom. The summed E-state index contributed by atoms with van der Waals surface area (Å²) in [5.74, 6) is 0.457. The van der Waals surface area contributed by atoms with Crippen molar-refractivity contribution in [2.75, 3.05) is 18.9 Å². The van der Waals surface area contributed by atoms with Crippen LogP contribution in [0.25, 0.3) is 11.5 Å². The maximum absolute atomic E-state index is 12.6. The average Bonchev–Trinajstić information content (AvgIpc) is 3.10. The number of hydrogen-bond donors (Lipinski definition) is 1. The van der Waals surface area contributed by atoms with Gasteiger partial charge in [0.05, 0.1) is 6.54 Å². The molecule has 0 aliphatic rings. The molecule has 0 spiro atoms. The third-order valence-electron chi connectivity index (χ3n) is 4.38. The predicted octanol–water partition coefficient (Wildman–Crippen LogP) is 3.37. The van der Waals surface area contributed by atoms with Gasteiger partial charge in [0.25, 0.3) is 11.8 Å². The number of aryl methyl sites for hydroxylation is 3. The number of rotatable bonds is 5. The lowest BCUT2D eigenvalue weighted by Gasteiger charge is -2.18. The normalized spacial score (nSPS) is 10.6. The highest BCUT2D eigenvalue weighted by Crippen LogP contribution is 2.20. The van der Waals surface area contributed by atoms with Gasteiger partial charge in [-0.2, -0.15) is 4.98 Å². The van der Waals surface area contributed by atoms with Gasteiger partial charge in [-0.3, -0.25) is 9.59 Å². The first kappa shape index (κ1) is 19.3. The van der Waals surface area contributed by atoms with Crippen molar-refractivity contribution in [3.05, 3.63) is 65.0 Å².